The van der Waals surface area contributed by atoms with Gasteiger partial charge in [0.25, 0.3) is 5.91 Å². The average Bonchev–Trinajstić information content (AvgIpc) is 3.19. The zero-order valence-electron chi connectivity index (χ0n) is 18.9. The number of hydrogen-bond acceptors (Lipinski definition) is 3. The Morgan fingerprint density at radius 1 is 1.24 bits per heavy atom. The molecule has 1 aliphatic heterocycles. The van der Waals surface area contributed by atoms with Gasteiger partial charge in [-0.25, -0.2) is 0 Å². The van der Waals surface area contributed by atoms with Crippen LogP contribution in [0.1, 0.15) is 43.1 Å². The van der Waals surface area contributed by atoms with E-state index in [1.165, 1.54) is 13.0 Å². The third kappa shape index (κ3) is 7.03. The topological polar surface area (TPSA) is 51.2 Å². The lowest BCUT2D eigenvalue weighted by Crippen LogP contribution is -2.41. The van der Waals surface area contributed by atoms with Crippen molar-refractivity contribution in [1.82, 2.24) is 20.0 Å². The summed E-state index contributed by atoms with van der Waals surface area (Å²) in [5, 5.41) is 3.46. The van der Waals surface area contributed by atoms with Gasteiger partial charge in [-0.05, 0) is 56.5 Å². The van der Waals surface area contributed by atoms with Crippen molar-refractivity contribution < 1.29 is 4.79 Å². The molecule has 162 valence electrons. The molecule has 1 aromatic rings. The molecule has 1 fully saturated rings. The molecule has 0 saturated carbocycles. The molecule has 6 nitrogen and oxygen atoms in total. The maximum absolute atomic E-state index is 12.2. The van der Waals surface area contributed by atoms with Crippen molar-refractivity contribution in [3.8, 4) is 0 Å². The molecule has 1 aliphatic rings. The molecule has 6 heteroatoms. The highest BCUT2D eigenvalue weighted by atomic mass is 16.2. The Labute approximate surface area is 177 Å². The Balaban J connectivity index is 1.94. The fourth-order valence-corrected chi connectivity index (χ4v) is 3.86. The first kappa shape index (κ1) is 23.2. The van der Waals surface area contributed by atoms with Gasteiger partial charge in [-0.2, -0.15) is 0 Å². The zero-order valence-corrected chi connectivity index (χ0v) is 18.9. The molecule has 1 saturated heterocycles. The number of nitrogens with zero attached hydrogens (tertiary/aromatic N) is 4. The van der Waals surface area contributed by atoms with Crippen molar-refractivity contribution in [2.45, 2.75) is 33.6 Å². The van der Waals surface area contributed by atoms with Crippen molar-refractivity contribution in [2.75, 3.05) is 59.9 Å². The quantitative estimate of drug-likeness (QED) is 0.510. The van der Waals surface area contributed by atoms with Crippen LogP contribution in [0, 0.1) is 5.92 Å². The molecule has 1 aromatic carbocycles. The fraction of sp³-hybridized carbons (Fsp3) is 0.652. The summed E-state index contributed by atoms with van der Waals surface area (Å²) in [5.74, 6) is 1.78. The van der Waals surface area contributed by atoms with Crippen LogP contribution in [0.3, 0.4) is 0 Å². The summed E-state index contributed by atoms with van der Waals surface area (Å²) in [4.78, 5) is 23.6. The SMILES string of the molecule is CCNC(=NCCc1cccc(C(=O)N(C)C)c1)N1CCC(CN(CC)CC)C1. The lowest BCUT2D eigenvalue weighted by molar-refractivity contribution is 0.0827. The van der Waals surface area contributed by atoms with Crippen molar-refractivity contribution >= 4 is 11.9 Å². The maximum Gasteiger partial charge on any atom is 0.253 e. The minimum atomic E-state index is 0.0417. The molecule has 0 aliphatic carbocycles. The number of amides is 1. The van der Waals surface area contributed by atoms with Crippen LogP contribution in [-0.2, 0) is 6.42 Å². The number of hydrogen-bond donors (Lipinski definition) is 1. The lowest BCUT2D eigenvalue weighted by atomic mass is 10.1. The molecule has 1 heterocycles. The van der Waals surface area contributed by atoms with Crippen LogP contribution in [0.2, 0.25) is 0 Å². The first-order valence-corrected chi connectivity index (χ1v) is 11.0. The van der Waals surface area contributed by atoms with E-state index in [1.807, 2.05) is 18.2 Å². The van der Waals surface area contributed by atoms with Gasteiger partial charge in [0.05, 0.1) is 0 Å². The molecule has 1 N–H and O–H groups in total. The Bertz CT molecular complexity index is 669. The van der Waals surface area contributed by atoms with Crippen molar-refractivity contribution in [2.24, 2.45) is 10.9 Å². The van der Waals surface area contributed by atoms with Gasteiger partial charge in [0, 0.05) is 52.4 Å². The number of carbonyl (C=O) groups excluding carboxylic acids is 1. The first-order valence-electron chi connectivity index (χ1n) is 11.0. The molecular formula is C23H39N5O. The van der Waals surface area contributed by atoms with E-state index in [1.54, 1.807) is 19.0 Å². The smallest absolute Gasteiger partial charge is 0.253 e. The summed E-state index contributed by atoms with van der Waals surface area (Å²) in [6.07, 6.45) is 2.07. The van der Waals surface area contributed by atoms with Gasteiger partial charge in [0.1, 0.15) is 0 Å². The molecule has 0 spiro atoms. The van der Waals surface area contributed by atoms with E-state index in [0.717, 1.165) is 62.8 Å². The molecule has 1 atom stereocenters. The summed E-state index contributed by atoms with van der Waals surface area (Å²) in [6.45, 7) is 13.8. The molecule has 0 radical (unpaired) electrons. The zero-order chi connectivity index (χ0) is 21.2. The maximum atomic E-state index is 12.2. The largest absolute Gasteiger partial charge is 0.357 e. The average molecular weight is 402 g/mol. The Morgan fingerprint density at radius 3 is 2.66 bits per heavy atom. The van der Waals surface area contributed by atoms with Crippen molar-refractivity contribution in [3.05, 3.63) is 35.4 Å². The number of carbonyl (C=O) groups is 1. The number of nitrogens with one attached hydrogen (secondary N) is 1. The second-order valence-corrected chi connectivity index (χ2v) is 7.97. The van der Waals surface area contributed by atoms with E-state index >= 15 is 0 Å². The predicted molar refractivity (Wildman–Crippen MR) is 122 cm³/mol. The fourth-order valence-electron chi connectivity index (χ4n) is 3.86. The summed E-state index contributed by atoms with van der Waals surface area (Å²) in [7, 11) is 3.57. The van der Waals surface area contributed by atoms with E-state index in [0.29, 0.717) is 5.92 Å². The molecular weight excluding hydrogens is 362 g/mol. The van der Waals surface area contributed by atoms with Crippen LogP contribution in [0.25, 0.3) is 0 Å². The molecule has 2 rings (SSSR count). The third-order valence-electron chi connectivity index (χ3n) is 5.57. The van der Waals surface area contributed by atoms with Gasteiger partial charge in [-0.3, -0.25) is 9.79 Å². The Morgan fingerprint density at radius 2 is 2.00 bits per heavy atom. The number of rotatable bonds is 9. The Kier molecular flexibility index (Phi) is 9.45. The summed E-state index contributed by atoms with van der Waals surface area (Å²) >= 11 is 0. The lowest BCUT2D eigenvalue weighted by Gasteiger charge is -2.24. The second-order valence-electron chi connectivity index (χ2n) is 7.97. The van der Waals surface area contributed by atoms with E-state index in [2.05, 4.69) is 42.0 Å². The van der Waals surface area contributed by atoms with Gasteiger partial charge in [-0.1, -0.05) is 26.0 Å². The van der Waals surface area contributed by atoms with E-state index in [4.69, 9.17) is 4.99 Å². The minimum absolute atomic E-state index is 0.0417. The highest BCUT2D eigenvalue weighted by Crippen LogP contribution is 2.18. The van der Waals surface area contributed by atoms with Crippen LogP contribution in [0.4, 0.5) is 0 Å². The monoisotopic (exact) mass is 401 g/mol. The van der Waals surface area contributed by atoms with Gasteiger partial charge >= 0.3 is 0 Å². The van der Waals surface area contributed by atoms with E-state index < -0.39 is 0 Å². The van der Waals surface area contributed by atoms with Gasteiger partial charge in [0.2, 0.25) is 0 Å². The summed E-state index contributed by atoms with van der Waals surface area (Å²) in [5.41, 5.74) is 1.89. The van der Waals surface area contributed by atoms with Crippen LogP contribution >= 0.6 is 0 Å². The summed E-state index contributed by atoms with van der Waals surface area (Å²) in [6, 6.07) is 7.89. The van der Waals surface area contributed by atoms with Crippen LogP contribution in [0.15, 0.2) is 29.3 Å². The second kappa shape index (κ2) is 11.8. The van der Waals surface area contributed by atoms with Crippen molar-refractivity contribution in [3.63, 3.8) is 0 Å². The standard InChI is InChI=1S/C23H39N5O/c1-6-24-23(28-15-13-20(18-28)17-27(7-2)8-3)25-14-12-19-10-9-11-21(16-19)22(29)26(4)5/h9-11,16,20H,6-8,12-15,17-18H2,1-5H3,(H,24,25). The minimum Gasteiger partial charge on any atom is -0.357 e. The number of guanidine groups is 1. The van der Waals surface area contributed by atoms with Crippen LogP contribution in [-0.4, -0.2) is 86.5 Å². The molecule has 29 heavy (non-hydrogen) atoms. The van der Waals surface area contributed by atoms with Crippen LogP contribution < -0.4 is 5.32 Å². The van der Waals surface area contributed by atoms with E-state index in [-0.39, 0.29) is 5.91 Å². The molecule has 1 amide bonds. The highest BCUT2D eigenvalue weighted by molar-refractivity contribution is 5.94. The number of benzene rings is 1. The normalized spacial score (nSPS) is 17.1. The molecule has 0 aromatic heterocycles. The Hall–Kier alpha value is -2.08. The third-order valence-corrected chi connectivity index (χ3v) is 5.57. The summed E-state index contributed by atoms with van der Waals surface area (Å²) < 4.78 is 0. The molecule has 0 bridgehead atoms. The van der Waals surface area contributed by atoms with E-state index in [9.17, 15) is 4.79 Å². The van der Waals surface area contributed by atoms with Crippen molar-refractivity contribution in [1.29, 1.82) is 0 Å². The van der Waals surface area contributed by atoms with Crippen LogP contribution in [0.5, 0.6) is 0 Å². The molecule has 1 unspecified atom stereocenters. The van der Waals surface area contributed by atoms with Gasteiger partial charge in [-0.15, -0.1) is 0 Å². The first-order chi connectivity index (χ1) is 14.0. The van der Waals surface area contributed by atoms with Gasteiger partial charge in [0.15, 0.2) is 5.96 Å². The van der Waals surface area contributed by atoms with Gasteiger partial charge < -0.3 is 20.0 Å². The predicted octanol–water partition coefficient (Wildman–Crippen LogP) is 2.56. The highest BCUT2D eigenvalue weighted by Gasteiger charge is 2.25. The number of likely N-dealkylation sites (tertiary alicyclic amines) is 1. The number of aliphatic imine (C=N–C) groups is 1.